The van der Waals surface area contributed by atoms with Crippen LogP contribution in [0.3, 0.4) is 0 Å². The van der Waals surface area contributed by atoms with Crippen LogP contribution in [0.5, 0.6) is 0 Å². The Morgan fingerprint density at radius 1 is 1.24 bits per heavy atom. The van der Waals surface area contributed by atoms with Crippen molar-refractivity contribution in [2.75, 3.05) is 18.4 Å². The molecule has 1 fully saturated rings. The first kappa shape index (κ1) is 19.3. The number of benzene rings is 1. The van der Waals surface area contributed by atoms with E-state index in [9.17, 15) is 9.59 Å². The summed E-state index contributed by atoms with van der Waals surface area (Å²) in [7, 11) is 0. The van der Waals surface area contributed by atoms with Gasteiger partial charge in [-0.2, -0.15) is 0 Å². The number of likely N-dealkylation sites (tertiary alicyclic amines) is 1. The summed E-state index contributed by atoms with van der Waals surface area (Å²) in [6, 6.07) is 9.50. The van der Waals surface area contributed by atoms with Crippen molar-refractivity contribution in [1.82, 2.24) is 10.2 Å². The number of nitrogens with one attached hydrogen (secondary N) is 2. The fourth-order valence-corrected chi connectivity index (χ4v) is 3.23. The highest BCUT2D eigenvalue weighted by molar-refractivity contribution is 5.90. The largest absolute Gasteiger partial charge is 0.353 e. The normalized spacial score (nSPS) is 18.5. The number of carbonyl (C=O) groups excluding carboxylic acids is 2. The van der Waals surface area contributed by atoms with E-state index in [2.05, 4.69) is 24.5 Å². The fraction of sp³-hybridized carbons (Fsp3) is 0.600. The molecule has 2 N–H and O–H groups in total. The molecule has 3 amide bonds. The summed E-state index contributed by atoms with van der Waals surface area (Å²) in [5, 5.41) is 6.02. The van der Waals surface area contributed by atoms with E-state index in [4.69, 9.17) is 0 Å². The van der Waals surface area contributed by atoms with Gasteiger partial charge in [-0.1, -0.05) is 44.4 Å². The Bertz CT molecular complexity index is 547. The molecule has 1 heterocycles. The molecule has 2 unspecified atom stereocenters. The predicted octanol–water partition coefficient (Wildman–Crippen LogP) is 4.02. The number of urea groups is 1. The van der Waals surface area contributed by atoms with Crippen LogP contribution in [0, 0.1) is 5.92 Å². The first-order valence-electron chi connectivity index (χ1n) is 9.51. The highest BCUT2D eigenvalue weighted by Gasteiger charge is 2.29. The minimum Gasteiger partial charge on any atom is -0.353 e. The molecular weight excluding hydrogens is 314 g/mol. The molecular formula is C20H31N3O2. The van der Waals surface area contributed by atoms with E-state index in [1.807, 2.05) is 30.3 Å². The highest BCUT2D eigenvalue weighted by atomic mass is 16.2. The lowest BCUT2D eigenvalue weighted by Gasteiger charge is -2.32. The average molecular weight is 345 g/mol. The van der Waals surface area contributed by atoms with Gasteiger partial charge in [-0.25, -0.2) is 4.79 Å². The van der Waals surface area contributed by atoms with Crippen LogP contribution in [-0.4, -0.2) is 36.0 Å². The second kappa shape index (κ2) is 10.1. The third kappa shape index (κ3) is 6.40. The van der Waals surface area contributed by atoms with Crippen LogP contribution in [0.4, 0.5) is 10.5 Å². The molecule has 1 aliphatic heterocycles. The van der Waals surface area contributed by atoms with Crippen molar-refractivity contribution in [3.8, 4) is 0 Å². The zero-order valence-electron chi connectivity index (χ0n) is 15.5. The molecule has 1 aromatic carbocycles. The van der Waals surface area contributed by atoms with Crippen LogP contribution in [0.25, 0.3) is 0 Å². The third-order valence-corrected chi connectivity index (χ3v) is 4.73. The Balaban J connectivity index is 1.81. The Morgan fingerprint density at radius 2 is 2.00 bits per heavy atom. The molecule has 5 heteroatoms. The van der Waals surface area contributed by atoms with E-state index in [0.29, 0.717) is 13.1 Å². The number of unbranched alkanes of at least 4 members (excludes halogenated alkanes) is 2. The lowest BCUT2D eigenvalue weighted by molar-refractivity contribution is -0.126. The van der Waals surface area contributed by atoms with Gasteiger partial charge < -0.3 is 15.5 Å². The van der Waals surface area contributed by atoms with Crippen molar-refractivity contribution in [1.29, 1.82) is 0 Å². The van der Waals surface area contributed by atoms with Gasteiger partial charge in [0.05, 0.1) is 5.92 Å². The fourth-order valence-electron chi connectivity index (χ4n) is 3.23. The molecule has 2 rings (SSSR count). The number of carbonyl (C=O) groups is 2. The summed E-state index contributed by atoms with van der Waals surface area (Å²) in [5.41, 5.74) is 0.781. The lowest BCUT2D eigenvalue weighted by Crippen LogP contribution is -2.48. The van der Waals surface area contributed by atoms with Gasteiger partial charge in [0.25, 0.3) is 0 Å². The number of hydrogen-bond donors (Lipinski definition) is 2. The van der Waals surface area contributed by atoms with Crippen molar-refractivity contribution >= 4 is 17.6 Å². The van der Waals surface area contributed by atoms with Crippen molar-refractivity contribution < 1.29 is 9.59 Å². The van der Waals surface area contributed by atoms with Gasteiger partial charge in [0.15, 0.2) is 0 Å². The van der Waals surface area contributed by atoms with Crippen molar-refractivity contribution in [3.63, 3.8) is 0 Å². The molecule has 5 nitrogen and oxygen atoms in total. The Kier molecular flexibility index (Phi) is 7.76. The van der Waals surface area contributed by atoms with Crippen LogP contribution in [0.15, 0.2) is 30.3 Å². The molecule has 1 aromatic rings. The highest BCUT2D eigenvalue weighted by Crippen LogP contribution is 2.18. The van der Waals surface area contributed by atoms with Crippen LogP contribution >= 0.6 is 0 Å². The maximum atomic E-state index is 12.5. The Morgan fingerprint density at radius 3 is 2.72 bits per heavy atom. The number of hydrogen-bond acceptors (Lipinski definition) is 2. The first-order chi connectivity index (χ1) is 12.1. The number of nitrogens with zero attached hydrogens (tertiary/aromatic N) is 1. The van der Waals surface area contributed by atoms with E-state index in [-0.39, 0.29) is 23.9 Å². The second-order valence-corrected chi connectivity index (χ2v) is 6.99. The van der Waals surface area contributed by atoms with Gasteiger partial charge in [-0.15, -0.1) is 0 Å². The summed E-state index contributed by atoms with van der Waals surface area (Å²) in [6.45, 7) is 5.44. The molecule has 0 saturated carbocycles. The zero-order valence-corrected chi connectivity index (χ0v) is 15.5. The molecule has 0 aromatic heterocycles. The molecule has 0 radical (unpaired) electrons. The molecule has 2 atom stereocenters. The number of para-hydroxylation sites is 1. The standard InChI is InChI=1S/C20H31N3O2/c1-3-4-6-10-16(2)21-19(24)17-11-9-14-23(15-17)20(25)22-18-12-7-5-8-13-18/h5,7-8,12-13,16-17H,3-4,6,9-11,14-15H2,1-2H3,(H,21,24)(H,22,25). The molecule has 25 heavy (non-hydrogen) atoms. The van der Waals surface area contributed by atoms with Crippen molar-refractivity contribution in [2.24, 2.45) is 5.92 Å². The van der Waals surface area contributed by atoms with Gasteiger partial charge in [-0.05, 0) is 38.3 Å². The van der Waals surface area contributed by atoms with Crippen molar-refractivity contribution in [3.05, 3.63) is 30.3 Å². The monoisotopic (exact) mass is 345 g/mol. The number of anilines is 1. The number of amides is 3. The topological polar surface area (TPSA) is 61.4 Å². The minimum absolute atomic E-state index is 0.0845. The van der Waals surface area contributed by atoms with Crippen LogP contribution in [-0.2, 0) is 4.79 Å². The van der Waals surface area contributed by atoms with E-state index >= 15 is 0 Å². The predicted molar refractivity (Wildman–Crippen MR) is 102 cm³/mol. The number of piperidine rings is 1. The van der Waals surface area contributed by atoms with Gasteiger partial charge in [0, 0.05) is 24.8 Å². The van der Waals surface area contributed by atoms with E-state index in [0.717, 1.165) is 31.4 Å². The van der Waals surface area contributed by atoms with Crippen LogP contribution in [0.1, 0.15) is 52.4 Å². The maximum absolute atomic E-state index is 12.5. The Hall–Kier alpha value is -2.04. The lowest BCUT2D eigenvalue weighted by atomic mass is 9.96. The molecule has 138 valence electrons. The summed E-state index contributed by atoms with van der Waals surface area (Å²) in [5.74, 6) is -0.0230. The quantitative estimate of drug-likeness (QED) is 0.733. The van der Waals surface area contributed by atoms with Crippen LogP contribution < -0.4 is 10.6 Å². The molecule has 1 aliphatic rings. The average Bonchev–Trinajstić information content (AvgIpc) is 2.63. The molecule has 0 spiro atoms. The van der Waals surface area contributed by atoms with Gasteiger partial charge >= 0.3 is 6.03 Å². The zero-order chi connectivity index (χ0) is 18.1. The smallest absolute Gasteiger partial charge is 0.321 e. The SMILES string of the molecule is CCCCCC(C)NC(=O)C1CCCN(C(=O)Nc2ccccc2)C1. The van der Waals surface area contributed by atoms with Gasteiger partial charge in [0.2, 0.25) is 5.91 Å². The van der Waals surface area contributed by atoms with E-state index < -0.39 is 0 Å². The van der Waals surface area contributed by atoms with Gasteiger partial charge in [0.1, 0.15) is 0 Å². The van der Waals surface area contributed by atoms with E-state index in [1.54, 1.807) is 4.90 Å². The second-order valence-electron chi connectivity index (χ2n) is 6.99. The molecule has 1 saturated heterocycles. The summed E-state index contributed by atoms with van der Waals surface area (Å²) < 4.78 is 0. The molecule has 0 bridgehead atoms. The third-order valence-electron chi connectivity index (χ3n) is 4.73. The first-order valence-corrected chi connectivity index (χ1v) is 9.51. The maximum Gasteiger partial charge on any atom is 0.321 e. The summed E-state index contributed by atoms with van der Waals surface area (Å²) >= 11 is 0. The van der Waals surface area contributed by atoms with E-state index in [1.165, 1.54) is 12.8 Å². The number of rotatable bonds is 7. The minimum atomic E-state index is -0.125. The molecule has 0 aliphatic carbocycles. The Labute approximate surface area is 151 Å². The summed E-state index contributed by atoms with van der Waals surface area (Å²) in [4.78, 5) is 26.7. The van der Waals surface area contributed by atoms with Crippen molar-refractivity contribution in [2.45, 2.75) is 58.4 Å². The van der Waals surface area contributed by atoms with Gasteiger partial charge in [-0.3, -0.25) is 4.79 Å². The van der Waals surface area contributed by atoms with Crippen LogP contribution in [0.2, 0.25) is 0 Å². The summed E-state index contributed by atoms with van der Waals surface area (Å²) in [6.07, 6.45) is 6.28.